The van der Waals surface area contributed by atoms with Crippen molar-refractivity contribution in [1.29, 1.82) is 0 Å². The molecule has 0 radical (unpaired) electrons. The average molecular weight is 170 g/mol. The first kappa shape index (κ1) is 8.77. The zero-order valence-corrected chi connectivity index (χ0v) is 6.43. The van der Waals surface area contributed by atoms with E-state index in [1.807, 2.05) is 0 Å². The van der Waals surface area contributed by atoms with Crippen LogP contribution in [0.5, 0.6) is 0 Å². The molecule has 0 fully saturated rings. The Hall–Kier alpha value is -1.32. The van der Waals surface area contributed by atoms with Gasteiger partial charge < -0.3 is 10.2 Å². The first-order valence-corrected chi connectivity index (χ1v) is 3.73. The Morgan fingerprint density at radius 1 is 1.25 bits per heavy atom. The van der Waals surface area contributed by atoms with Gasteiger partial charge in [-0.25, -0.2) is 0 Å². The van der Waals surface area contributed by atoms with Crippen molar-refractivity contribution in [2.75, 3.05) is 0 Å². The van der Waals surface area contributed by atoms with Gasteiger partial charge in [-0.3, -0.25) is 9.59 Å². The van der Waals surface area contributed by atoms with E-state index in [0.29, 0.717) is 6.42 Å². The maximum atomic E-state index is 10.5. The Balaban J connectivity index is 2.63. The molecular formula is C8H10O4. The van der Waals surface area contributed by atoms with Crippen molar-refractivity contribution in [1.82, 2.24) is 0 Å². The molecule has 0 bridgehead atoms. The minimum absolute atomic E-state index is 0.209. The van der Waals surface area contributed by atoms with Crippen molar-refractivity contribution in [2.24, 2.45) is 11.8 Å². The summed E-state index contributed by atoms with van der Waals surface area (Å²) >= 11 is 0. The van der Waals surface area contributed by atoms with Gasteiger partial charge in [0, 0.05) is 0 Å². The minimum Gasteiger partial charge on any atom is -0.481 e. The lowest BCUT2D eigenvalue weighted by atomic mass is 9.87. The fourth-order valence-electron chi connectivity index (χ4n) is 1.27. The number of allylic oxidation sites excluding steroid dienone is 1. The van der Waals surface area contributed by atoms with E-state index in [9.17, 15) is 9.59 Å². The van der Waals surface area contributed by atoms with Gasteiger partial charge in [0.15, 0.2) is 0 Å². The molecule has 0 aliphatic heterocycles. The topological polar surface area (TPSA) is 74.6 Å². The van der Waals surface area contributed by atoms with Crippen LogP contribution in [-0.4, -0.2) is 22.2 Å². The molecule has 12 heavy (non-hydrogen) atoms. The Morgan fingerprint density at radius 3 is 2.42 bits per heavy atom. The van der Waals surface area contributed by atoms with Crippen LogP contribution < -0.4 is 0 Å². The van der Waals surface area contributed by atoms with Crippen LogP contribution in [0, 0.1) is 11.8 Å². The highest BCUT2D eigenvalue weighted by Gasteiger charge is 2.27. The quantitative estimate of drug-likeness (QED) is 0.599. The summed E-state index contributed by atoms with van der Waals surface area (Å²) in [6.07, 6.45) is 3.84. The smallest absolute Gasteiger partial charge is 0.310 e. The van der Waals surface area contributed by atoms with Gasteiger partial charge in [-0.05, 0) is 12.8 Å². The molecule has 1 aliphatic rings. The summed E-state index contributed by atoms with van der Waals surface area (Å²) in [4.78, 5) is 21.0. The summed E-state index contributed by atoms with van der Waals surface area (Å²) in [5.74, 6) is -3.02. The zero-order chi connectivity index (χ0) is 9.14. The molecule has 66 valence electrons. The van der Waals surface area contributed by atoms with Crippen LogP contribution in [0.3, 0.4) is 0 Å². The first-order chi connectivity index (χ1) is 5.61. The summed E-state index contributed by atoms with van der Waals surface area (Å²) in [5.41, 5.74) is 0. The van der Waals surface area contributed by atoms with E-state index in [2.05, 4.69) is 0 Å². The van der Waals surface area contributed by atoms with E-state index >= 15 is 0 Å². The summed E-state index contributed by atoms with van der Waals surface area (Å²) < 4.78 is 0. The van der Waals surface area contributed by atoms with Crippen molar-refractivity contribution >= 4 is 11.9 Å². The fourth-order valence-corrected chi connectivity index (χ4v) is 1.27. The van der Waals surface area contributed by atoms with Crippen LogP contribution in [0.1, 0.15) is 12.8 Å². The van der Waals surface area contributed by atoms with Crippen molar-refractivity contribution in [3.8, 4) is 0 Å². The third-order valence-electron chi connectivity index (χ3n) is 1.99. The van der Waals surface area contributed by atoms with Crippen LogP contribution in [-0.2, 0) is 9.59 Å². The van der Waals surface area contributed by atoms with Gasteiger partial charge >= 0.3 is 11.9 Å². The number of aliphatic carboxylic acids is 2. The summed E-state index contributed by atoms with van der Waals surface area (Å²) in [6.45, 7) is 0. The van der Waals surface area contributed by atoms with Gasteiger partial charge in [-0.15, -0.1) is 0 Å². The van der Waals surface area contributed by atoms with Crippen LogP contribution in [0.4, 0.5) is 0 Å². The number of carboxylic acids is 2. The summed E-state index contributed by atoms with van der Waals surface area (Å²) in [6, 6.07) is 0. The second-order valence-corrected chi connectivity index (χ2v) is 2.88. The van der Waals surface area contributed by atoms with E-state index in [-0.39, 0.29) is 6.42 Å². The van der Waals surface area contributed by atoms with Crippen molar-refractivity contribution in [2.45, 2.75) is 12.8 Å². The van der Waals surface area contributed by atoms with Crippen LogP contribution in [0.25, 0.3) is 0 Å². The van der Waals surface area contributed by atoms with E-state index in [0.717, 1.165) is 0 Å². The SMILES string of the molecule is O=C(O)[C@@H]1CC=C[C@@H](C(=O)O)C1. The predicted molar refractivity (Wildman–Crippen MR) is 40.6 cm³/mol. The number of rotatable bonds is 2. The predicted octanol–water partition coefficient (Wildman–Crippen LogP) is 0.738. The maximum Gasteiger partial charge on any atom is 0.310 e. The normalized spacial score (nSPS) is 28.3. The monoisotopic (exact) mass is 170 g/mol. The van der Waals surface area contributed by atoms with Gasteiger partial charge in [0.2, 0.25) is 0 Å². The van der Waals surface area contributed by atoms with E-state index in [1.54, 1.807) is 12.2 Å². The molecule has 2 N–H and O–H groups in total. The van der Waals surface area contributed by atoms with E-state index in [1.165, 1.54) is 0 Å². The maximum absolute atomic E-state index is 10.5. The second kappa shape index (κ2) is 3.38. The average Bonchev–Trinajstić information content (AvgIpc) is 2.04. The minimum atomic E-state index is -0.947. The molecule has 0 aromatic rings. The molecule has 0 saturated heterocycles. The number of carboxylic acid groups (broad SMARTS) is 2. The third-order valence-corrected chi connectivity index (χ3v) is 1.99. The van der Waals surface area contributed by atoms with E-state index < -0.39 is 23.8 Å². The number of carbonyl (C=O) groups is 2. The standard InChI is InChI=1S/C8H10O4/c9-7(10)5-2-1-3-6(4-5)8(11)12/h1-2,5-6H,3-4H2,(H,9,10)(H,11,12)/t5-,6-/m1/s1. The highest BCUT2D eigenvalue weighted by atomic mass is 16.4. The summed E-state index contributed by atoms with van der Waals surface area (Å²) in [7, 11) is 0. The first-order valence-electron chi connectivity index (χ1n) is 3.73. The van der Waals surface area contributed by atoms with E-state index in [4.69, 9.17) is 10.2 Å². The lowest BCUT2D eigenvalue weighted by molar-refractivity contribution is -0.144. The van der Waals surface area contributed by atoms with Crippen LogP contribution in [0.2, 0.25) is 0 Å². The molecule has 0 unspecified atom stereocenters. The van der Waals surface area contributed by atoms with Gasteiger partial charge in [0.25, 0.3) is 0 Å². The molecule has 2 atom stereocenters. The van der Waals surface area contributed by atoms with Gasteiger partial charge in [-0.2, -0.15) is 0 Å². The largest absolute Gasteiger partial charge is 0.481 e. The Labute approximate surface area is 69.5 Å². The molecule has 0 spiro atoms. The van der Waals surface area contributed by atoms with Crippen molar-refractivity contribution in [3.63, 3.8) is 0 Å². The lowest BCUT2D eigenvalue weighted by Crippen LogP contribution is -2.23. The fraction of sp³-hybridized carbons (Fsp3) is 0.500. The lowest BCUT2D eigenvalue weighted by Gasteiger charge is -2.17. The van der Waals surface area contributed by atoms with Gasteiger partial charge in [0.1, 0.15) is 0 Å². The molecule has 4 heteroatoms. The Morgan fingerprint density at radius 2 is 1.92 bits per heavy atom. The van der Waals surface area contributed by atoms with Crippen molar-refractivity contribution in [3.05, 3.63) is 12.2 Å². The zero-order valence-electron chi connectivity index (χ0n) is 6.43. The Bertz CT molecular complexity index is 231. The molecule has 4 nitrogen and oxygen atoms in total. The van der Waals surface area contributed by atoms with Crippen LogP contribution in [0.15, 0.2) is 12.2 Å². The highest BCUT2D eigenvalue weighted by Crippen LogP contribution is 2.23. The molecule has 0 aromatic heterocycles. The summed E-state index contributed by atoms with van der Waals surface area (Å²) in [5, 5.41) is 17.2. The van der Waals surface area contributed by atoms with Crippen LogP contribution >= 0.6 is 0 Å². The van der Waals surface area contributed by atoms with Gasteiger partial charge in [-0.1, -0.05) is 12.2 Å². The molecule has 1 aliphatic carbocycles. The van der Waals surface area contributed by atoms with Crippen molar-refractivity contribution < 1.29 is 19.8 Å². The molecule has 0 heterocycles. The van der Waals surface area contributed by atoms with Gasteiger partial charge in [0.05, 0.1) is 11.8 Å². The molecule has 0 amide bonds. The number of hydrogen-bond acceptors (Lipinski definition) is 2. The third kappa shape index (κ3) is 1.84. The second-order valence-electron chi connectivity index (χ2n) is 2.88. The molecule has 0 saturated carbocycles. The number of hydrogen-bond donors (Lipinski definition) is 2. The molecule has 1 rings (SSSR count). The molecule has 0 aromatic carbocycles. The highest BCUT2D eigenvalue weighted by molar-refractivity contribution is 5.76. The molecular weight excluding hydrogens is 160 g/mol. The Kier molecular flexibility index (Phi) is 2.47.